The predicted octanol–water partition coefficient (Wildman–Crippen LogP) is 2.49. The molecule has 2 nitrogen and oxygen atoms in total. The number of rotatable bonds is 1. The Morgan fingerprint density at radius 1 is 1.24 bits per heavy atom. The topological polar surface area (TPSA) is 29.1 Å². The summed E-state index contributed by atoms with van der Waals surface area (Å²) >= 11 is 0. The van der Waals surface area contributed by atoms with Crippen LogP contribution in [0.5, 0.6) is 0 Å². The summed E-state index contributed by atoms with van der Waals surface area (Å²) in [7, 11) is 0. The highest BCUT2D eigenvalue weighted by atomic mass is 19.2. The highest BCUT2D eigenvalue weighted by Gasteiger charge is 2.40. The molecule has 0 bridgehead atoms. The van der Waals surface area contributed by atoms with Crippen LogP contribution in [0, 0.1) is 17.5 Å². The van der Waals surface area contributed by atoms with Gasteiger partial charge in [-0.2, -0.15) is 0 Å². The number of carbonyl (C=O) groups is 1. The molecule has 5 heteroatoms. The Balaban J connectivity index is 2.45. The summed E-state index contributed by atoms with van der Waals surface area (Å²) in [6.45, 7) is 3.53. The van der Waals surface area contributed by atoms with Gasteiger partial charge in [-0.25, -0.2) is 13.2 Å². The van der Waals surface area contributed by atoms with Crippen molar-refractivity contribution in [3.05, 3.63) is 35.1 Å². The van der Waals surface area contributed by atoms with Gasteiger partial charge in [0.15, 0.2) is 17.5 Å². The van der Waals surface area contributed by atoms with E-state index in [2.05, 4.69) is 5.32 Å². The van der Waals surface area contributed by atoms with Gasteiger partial charge in [0.05, 0.1) is 0 Å². The molecule has 0 saturated carbocycles. The summed E-state index contributed by atoms with van der Waals surface area (Å²) in [6, 6.07) is 1.90. The summed E-state index contributed by atoms with van der Waals surface area (Å²) in [6.07, 6.45) is 0.150. The van der Waals surface area contributed by atoms with Gasteiger partial charge in [-0.1, -0.05) is 0 Å². The van der Waals surface area contributed by atoms with Crippen molar-refractivity contribution in [3.8, 4) is 0 Å². The van der Waals surface area contributed by atoms with Gasteiger partial charge in [-0.15, -0.1) is 0 Å². The monoisotopic (exact) mass is 243 g/mol. The minimum Gasteiger partial charge on any atom is -0.351 e. The largest absolute Gasteiger partial charge is 0.351 e. The second-order valence-corrected chi connectivity index (χ2v) is 4.83. The fourth-order valence-corrected chi connectivity index (χ4v) is 2.25. The molecule has 1 amide bonds. The standard InChI is InChI=1S/C12H12F3NO/c1-12(2)7(5-10(17)16-12)6-3-8(13)11(15)9(14)4-6/h3-4,7H,5H2,1-2H3,(H,16,17). The molecule has 0 radical (unpaired) electrons. The van der Waals surface area contributed by atoms with Crippen molar-refractivity contribution in [3.63, 3.8) is 0 Å². The SMILES string of the molecule is CC1(C)NC(=O)CC1c1cc(F)c(F)c(F)c1. The van der Waals surface area contributed by atoms with Crippen LogP contribution >= 0.6 is 0 Å². The van der Waals surface area contributed by atoms with Gasteiger partial charge in [0.2, 0.25) is 5.91 Å². The molecule has 0 aromatic heterocycles. The van der Waals surface area contributed by atoms with Gasteiger partial charge >= 0.3 is 0 Å². The second kappa shape index (κ2) is 3.75. The first-order chi connectivity index (χ1) is 7.81. The zero-order valence-corrected chi connectivity index (χ0v) is 9.48. The third-order valence-electron chi connectivity index (χ3n) is 3.13. The number of carbonyl (C=O) groups excluding carboxylic acids is 1. The van der Waals surface area contributed by atoms with Crippen molar-refractivity contribution >= 4 is 5.91 Å². The van der Waals surface area contributed by atoms with E-state index < -0.39 is 23.0 Å². The Kier molecular flexibility index (Phi) is 2.64. The predicted molar refractivity (Wildman–Crippen MR) is 55.9 cm³/mol. The maximum absolute atomic E-state index is 13.1. The van der Waals surface area contributed by atoms with E-state index in [4.69, 9.17) is 0 Å². The van der Waals surface area contributed by atoms with Crippen molar-refractivity contribution in [1.82, 2.24) is 5.32 Å². The van der Waals surface area contributed by atoms with Crippen LogP contribution < -0.4 is 5.32 Å². The zero-order valence-electron chi connectivity index (χ0n) is 9.48. The number of benzene rings is 1. The third kappa shape index (κ3) is 2.01. The normalized spacial score (nSPS) is 22.6. The lowest BCUT2D eigenvalue weighted by Crippen LogP contribution is -2.38. The molecule has 1 aliphatic heterocycles. The van der Waals surface area contributed by atoms with Gasteiger partial charge in [0, 0.05) is 17.9 Å². The highest BCUT2D eigenvalue weighted by molar-refractivity contribution is 5.81. The lowest BCUT2D eigenvalue weighted by atomic mass is 9.83. The molecule has 17 heavy (non-hydrogen) atoms. The number of hydrogen-bond acceptors (Lipinski definition) is 1. The Labute approximate surface area is 96.8 Å². The van der Waals surface area contributed by atoms with Crippen LogP contribution in [-0.4, -0.2) is 11.4 Å². The van der Waals surface area contributed by atoms with E-state index >= 15 is 0 Å². The molecule has 0 aliphatic carbocycles. The number of halogens is 3. The first-order valence-corrected chi connectivity index (χ1v) is 5.26. The minimum absolute atomic E-state index is 0.150. The molecule has 1 aromatic carbocycles. The second-order valence-electron chi connectivity index (χ2n) is 4.83. The van der Waals surface area contributed by atoms with Gasteiger partial charge in [-0.3, -0.25) is 4.79 Å². The summed E-state index contributed by atoms with van der Waals surface area (Å²) in [4.78, 5) is 11.3. The van der Waals surface area contributed by atoms with E-state index in [9.17, 15) is 18.0 Å². The van der Waals surface area contributed by atoms with E-state index in [1.54, 1.807) is 13.8 Å². The van der Waals surface area contributed by atoms with Crippen LogP contribution in [0.15, 0.2) is 12.1 Å². The average Bonchev–Trinajstić information content (AvgIpc) is 2.47. The molecule has 1 N–H and O–H groups in total. The number of amides is 1. The van der Waals surface area contributed by atoms with E-state index in [-0.39, 0.29) is 18.2 Å². The summed E-state index contributed by atoms with van der Waals surface area (Å²) in [5.41, 5.74) is -0.293. The van der Waals surface area contributed by atoms with Crippen LogP contribution in [0.3, 0.4) is 0 Å². The van der Waals surface area contributed by atoms with Crippen LogP contribution in [0.2, 0.25) is 0 Å². The summed E-state index contributed by atoms with van der Waals surface area (Å²) < 4.78 is 39.1. The molecular formula is C12H12F3NO. The Hall–Kier alpha value is -1.52. The van der Waals surface area contributed by atoms with Crippen LogP contribution in [0.25, 0.3) is 0 Å². The van der Waals surface area contributed by atoms with Crippen molar-refractivity contribution < 1.29 is 18.0 Å². The fourth-order valence-electron chi connectivity index (χ4n) is 2.25. The Bertz CT molecular complexity index is 462. The average molecular weight is 243 g/mol. The molecule has 1 heterocycles. The van der Waals surface area contributed by atoms with E-state index in [1.807, 2.05) is 0 Å². The molecule has 1 unspecified atom stereocenters. The van der Waals surface area contributed by atoms with Gasteiger partial charge in [0.25, 0.3) is 0 Å². The van der Waals surface area contributed by atoms with Crippen molar-refractivity contribution in [2.24, 2.45) is 0 Å². The summed E-state index contributed by atoms with van der Waals surface area (Å²) in [5.74, 6) is -4.47. The third-order valence-corrected chi connectivity index (χ3v) is 3.13. The van der Waals surface area contributed by atoms with E-state index in [1.165, 1.54) is 0 Å². The van der Waals surface area contributed by atoms with Crippen LogP contribution in [-0.2, 0) is 4.79 Å². The quantitative estimate of drug-likeness (QED) is 0.754. The first-order valence-electron chi connectivity index (χ1n) is 5.26. The number of hydrogen-bond donors (Lipinski definition) is 1. The fraction of sp³-hybridized carbons (Fsp3) is 0.417. The molecule has 2 rings (SSSR count). The van der Waals surface area contributed by atoms with Crippen molar-refractivity contribution in [2.75, 3.05) is 0 Å². The highest BCUT2D eigenvalue weighted by Crippen LogP contribution is 2.36. The minimum atomic E-state index is -1.48. The molecule has 1 atom stereocenters. The molecule has 1 aromatic rings. The van der Waals surface area contributed by atoms with Gasteiger partial charge < -0.3 is 5.32 Å². The molecular weight excluding hydrogens is 231 g/mol. The van der Waals surface area contributed by atoms with Gasteiger partial charge in [0.1, 0.15) is 0 Å². The molecule has 1 fully saturated rings. The summed E-state index contributed by atoms with van der Waals surface area (Å²) in [5, 5.41) is 2.72. The molecule has 1 saturated heterocycles. The molecule has 0 spiro atoms. The van der Waals surface area contributed by atoms with Crippen LogP contribution in [0.1, 0.15) is 31.7 Å². The lowest BCUT2D eigenvalue weighted by molar-refractivity contribution is -0.119. The molecule has 92 valence electrons. The maximum Gasteiger partial charge on any atom is 0.221 e. The van der Waals surface area contributed by atoms with Crippen LogP contribution in [0.4, 0.5) is 13.2 Å². The zero-order chi connectivity index (χ0) is 12.8. The Morgan fingerprint density at radius 2 is 1.76 bits per heavy atom. The smallest absolute Gasteiger partial charge is 0.221 e. The van der Waals surface area contributed by atoms with Crippen molar-refractivity contribution in [1.29, 1.82) is 0 Å². The van der Waals surface area contributed by atoms with E-state index in [0.29, 0.717) is 5.56 Å². The Morgan fingerprint density at radius 3 is 2.18 bits per heavy atom. The van der Waals surface area contributed by atoms with Gasteiger partial charge in [-0.05, 0) is 31.5 Å². The molecule has 1 aliphatic rings. The van der Waals surface area contributed by atoms with E-state index in [0.717, 1.165) is 12.1 Å². The first kappa shape index (κ1) is 12.0. The lowest BCUT2D eigenvalue weighted by Gasteiger charge is -2.26. The van der Waals surface area contributed by atoms with Crippen molar-refractivity contribution in [2.45, 2.75) is 31.7 Å². The maximum atomic E-state index is 13.1. The number of nitrogens with one attached hydrogen (secondary N) is 1.